The van der Waals surface area contributed by atoms with Crippen LogP contribution in [-0.4, -0.2) is 31.3 Å². The summed E-state index contributed by atoms with van der Waals surface area (Å²) < 4.78 is 10.2. The molecule has 0 aromatic heterocycles. The largest absolute Gasteiger partial charge is 0.465 e. The summed E-state index contributed by atoms with van der Waals surface area (Å²) in [7, 11) is 0. The fourth-order valence-electron chi connectivity index (χ4n) is 1.46. The second-order valence-electron chi connectivity index (χ2n) is 3.23. The Morgan fingerprint density at radius 1 is 1.77 bits per heavy atom. The highest BCUT2D eigenvalue weighted by atomic mass is 16.5. The Labute approximate surface area is 78.4 Å². The van der Waals surface area contributed by atoms with Gasteiger partial charge in [-0.25, -0.2) is 0 Å². The number of ether oxygens (including phenoxy) is 2. The predicted molar refractivity (Wildman–Crippen MR) is 48.2 cm³/mol. The lowest BCUT2D eigenvalue weighted by Gasteiger charge is -2.14. The molecule has 0 radical (unpaired) electrons. The smallest absolute Gasteiger partial charge is 0.322 e. The van der Waals surface area contributed by atoms with Gasteiger partial charge in [-0.3, -0.25) is 4.79 Å². The van der Waals surface area contributed by atoms with Crippen molar-refractivity contribution in [1.82, 2.24) is 0 Å². The normalized spacial score (nSPS) is 24.3. The number of rotatable bonds is 4. The second-order valence-corrected chi connectivity index (χ2v) is 3.23. The van der Waals surface area contributed by atoms with E-state index in [-0.39, 0.29) is 12.1 Å². The van der Waals surface area contributed by atoms with Crippen molar-refractivity contribution in [3.63, 3.8) is 0 Å². The SMILES string of the molecule is CCOC(=O)C(N)C[C@H]1CCCO1. The molecule has 0 aliphatic carbocycles. The van der Waals surface area contributed by atoms with Crippen molar-refractivity contribution in [2.24, 2.45) is 5.73 Å². The molecule has 13 heavy (non-hydrogen) atoms. The van der Waals surface area contributed by atoms with Gasteiger partial charge in [0, 0.05) is 6.61 Å². The first-order valence-electron chi connectivity index (χ1n) is 4.78. The highest BCUT2D eigenvalue weighted by Crippen LogP contribution is 2.16. The average molecular weight is 187 g/mol. The summed E-state index contributed by atoms with van der Waals surface area (Å²) in [4.78, 5) is 11.1. The Bertz CT molecular complexity index is 166. The van der Waals surface area contributed by atoms with Crippen LogP contribution in [0.25, 0.3) is 0 Å². The van der Waals surface area contributed by atoms with Crippen LogP contribution < -0.4 is 5.73 Å². The Balaban J connectivity index is 2.22. The number of carbonyl (C=O) groups is 1. The van der Waals surface area contributed by atoms with Crippen LogP contribution >= 0.6 is 0 Å². The summed E-state index contributed by atoms with van der Waals surface area (Å²) in [5.74, 6) is -0.321. The highest BCUT2D eigenvalue weighted by Gasteiger charge is 2.23. The Morgan fingerprint density at radius 3 is 3.08 bits per heavy atom. The van der Waals surface area contributed by atoms with Crippen molar-refractivity contribution < 1.29 is 14.3 Å². The van der Waals surface area contributed by atoms with E-state index in [1.807, 2.05) is 0 Å². The molecule has 4 nitrogen and oxygen atoms in total. The molecule has 1 heterocycles. The van der Waals surface area contributed by atoms with Gasteiger partial charge < -0.3 is 15.2 Å². The van der Waals surface area contributed by atoms with Crippen LogP contribution in [0.3, 0.4) is 0 Å². The van der Waals surface area contributed by atoms with Crippen molar-refractivity contribution in [1.29, 1.82) is 0 Å². The molecule has 0 saturated carbocycles. The van der Waals surface area contributed by atoms with E-state index in [0.717, 1.165) is 19.4 Å². The number of hydrogen-bond acceptors (Lipinski definition) is 4. The van der Waals surface area contributed by atoms with Crippen molar-refractivity contribution in [3.8, 4) is 0 Å². The second kappa shape index (κ2) is 5.19. The lowest BCUT2D eigenvalue weighted by atomic mass is 10.1. The van der Waals surface area contributed by atoms with Crippen LogP contribution in [-0.2, 0) is 14.3 Å². The highest BCUT2D eigenvalue weighted by molar-refractivity contribution is 5.75. The van der Waals surface area contributed by atoms with E-state index in [0.29, 0.717) is 13.0 Å². The van der Waals surface area contributed by atoms with Gasteiger partial charge in [-0.05, 0) is 26.2 Å². The number of esters is 1. The van der Waals surface area contributed by atoms with Crippen LogP contribution in [0.15, 0.2) is 0 Å². The first-order valence-corrected chi connectivity index (χ1v) is 4.78. The molecule has 76 valence electrons. The molecular formula is C9H17NO3. The topological polar surface area (TPSA) is 61.5 Å². The Hall–Kier alpha value is -0.610. The summed E-state index contributed by atoms with van der Waals surface area (Å²) in [6.07, 6.45) is 2.81. The summed E-state index contributed by atoms with van der Waals surface area (Å²) >= 11 is 0. The molecule has 1 aliphatic heterocycles. The quantitative estimate of drug-likeness (QED) is 0.649. The molecule has 0 amide bonds. The van der Waals surface area contributed by atoms with Crippen LogP contribution in [0.2, 0.25) is 0 Å². The monoisotopic (exact) mass is 187 g/mol. The first kappa shape index (κ1) is 10.5. The molecule has 0 aromatic carbocycles. The van der Waals surface area contributed by atoms with E-state index in [2.05, 4.69) is 0 Å². The predicted octanol–water partition coefficient (Wildman–Crippen LogP) is 0.446. The van der Waals surface area contributed by atoms with Gasteiger partial charge in [-0.1, -0.05) is 0 Å². The molecule has 1 rings (SSSR count). The molecule has 4 heteroatoms. The maximum atomic E-state index is 11.1. The van der Waals surface area contributed by atoms with E-state index in [9.17, 15) is 4.79 Å². The Kier molecular flexibility index (Phi) is 4.18. The number of carbonyl (C=O) groups excluding carboxylic acids is 1. The van der Waals surface area contributed by atoms with Crippen molar-refractivity contribution in [2.75, 3.05) is 13.2 Å². The molecule has 2 atom stereocenters. The summed E-state index contributed by atoms with van der Waals surface area (Å²) in [5, 5.41) is 0. The maximum Gasteiger partial charge on any atom is 0.322 e. The molecule has 0 aromatic rings. The van der Waals surface area contributed by atoms with Gasteiger partial charge in [0.25, 0.3) is 0 Å². The fraction of sp³-hybridized carbons (Fsp3) is 0.889. The molecule has 1 saturated heterocycles. The van der Waals surface area contributed by atoms with E-state index >= 15 is 0 Å². The maximum absolute atomic E-state index is 11.1. The third-order valence-electron chi connectivity index (χ3n) is 2.13. The van der Waals surface area contributed by atoms with Gasteiger partial charge in [0.15, 0.2) is 0 Å². The van der Waals surface area contributed by atoms with E-state index < -0.39 is 6.04 Å². The van der Waals surface area contributed by atoms with E-state index in [1.165, 1.54) is 0 Å². The molecule has 0 spiro atoms. The molecular weight excluding hydrogens is 170 g/mol. The first-order chi connectivity index (χ1) is 6.24. The molecule has 1 unspecified atom stereocenters. The third kappa shape index (κ3) is 3.32. The van der Waals surface area contributed by atoms with Crippen molar-refractivity contribution >= 4 is 5.97 Å². The summed E-state index contributed by atoms with van der Waals surface area (Å²) in [6.45, 7) is 2.95. The van der Waals surface area contributed by atoms with Gasteiger partial charge in [-0.15, -0.1) is 0 Å². The zero-order valence-electron chi connectivity index (χ0n) is 7.99. The lowest BCUT2D eigenvalue weighted by Crippen LogP contribution is -2.35. The fourth-order valence-corrected chi connectivity index (χ4v) is 1.46. The molecule has 1 aliphatic rings. The Morgan fingerprint density at radius 2 is 2.54 bits per heavy atom. The van der Waals surface area contributed by atoms with Crippen molar-refractivity contribution in [3.05, 3.63) is 0 Å². The number of hydrogen-bond donors (Lipinski definition) is 1. The standard InChI is InChI=1S/C9H17NO3/c1-2-12-9(11)8(10)6-7-4-3-5-13-7/h7-8H,2-6,10H2,1H3/t7-,8?/m1/s1. The van der Waals surface area contributed by atoms with Crippen LogP contribution in [0.4, 0.5) is 0 Å². The molecule has 0 bridgehead atoms. The summed E-state index contributed by atoms with van der Waals surface area (Å²) in [6, 6.07) is -0.525. The van der Waals surface area contributed by atoms with Crippen LogP contribution in [0, 0.1) is 0 Å². The third-order valence-corrected chi connectivity index (χ3v) is 2.13. The number of nitrogens with two attached hydrogens (primary N) is 1. The van der Waals surface area contributed by atoms with Crippen molar-refractivity contribution in [2.45, 2.75) is 38.3 Å². The average Bonchev–Trinajstić information content (AvgIpc) is 2.57. The zero-order valence-corrected chi connectivity index (χ0v) is 7.99. The summed E-state index contributed by atoms with van der Waals surface area (Å²) in [5.41, 5.74) is 5.63. The molecule has 1 fully saturated rings. The van der Waals surface area contributed by atoms with Gasteiger partial charge in [-0.2, -0.15) is 0 Å². The van der Waals surface area contributed by atoms with E-state index in [1.54, 1.807) is 6.92 Å². The molecule has 2 N–H and O–H groups in total. The zero-order chi connectivity index (χ0) is 9.68. The lowest BCUT2D eigenvalue weighted by molar-refractivity contribution is -0.145. The minimum absolute atomic E-state index is 0.152. The minimum atomic E-state index is -0.525. The minimum Gasteiger partial charge on any atom is -0.465 e. The van der Waals surface area contributed by atoms with Gasteiger partial charge in [0.1, 0.15) is 6.04 Å². The van der Waals surface area contributed by atoms with Gasteiger partial charge >= 0.3 is 5.97 Å². The van der Waals surface area contributed by atoms with Crippen LogP contribution in [0.1, 0.15) is 26.2 Å². The van der Waals surface area contributed by atoms with Gasteiger partial charge in [0.2, 0.25) is 0 Å². The van der Waals surface area contributed by atoms with Gasteiger partial charge in [0.05, 0.1) is 12.7 Å². The van der Waals surface area contributed by atoms with E-state index in [4.69, 9.17) is 15.2 Å². The van der Waals surface area contributed by atoms with Crippen LogP contribution in [0.5, 0.6) is 0 Å².